The van der Waals surface area contributed by atoms with Crippen molar-refractivity contribution < 1.29 is 28.6 Å². The first kappa shape index (κ1) is 22.3. The molecular weight excluding hydrogens is 396 g/mol. The molecule has 0 aliphatic heterocycles. The minimum Gasteiger partial charge on any atom is -0.468 e. The van der Waals surface area contributed by atoms with Crippen molar-refractivity contribution >= 4 is 17.9 Å². The highest BCUT2D eigenvalue weighted by molar-refractivity contribution is 6.01. The lowest BCUT2D eigenvalue weighted by atomic mass is 9.67. The predicted molar refractivity (Wildman–Crippen MR) is 114 cm³/mol. The minimum atomic E-state index is -1.52. The van der Waals surface area contributed by atoms with Crippen LogP contribution in [0, 0.1) is 11.3 Å². The topological polar surface area (TPSA) is 78.9 Å². The molecule has 0 radical (unpaired) electrons. The van der Waals surface area contributed by atoms with Gasteiger partial charge < -0.3 is 14.2 Å². The van der Waals surface area contributed by atoms with E-state index in [0.29, 0.717) is 18.4 Å². The van der Waals surface area contributed by atoms with E-state index >= 15 is 0 Å². The summed E-state index contributed by atoms with van der Waals surface area (Å²) in [5.74, 6) is -2.15. The number of rotatable bonds is 7. The van der Waals surface area contributed by atoms with Gasteiger partial charge in [-0.3, -0.25) is 9.59 Å². The van der Waals surface area contributed by atoms with Crippen molar-refractivity contribution in [3.63, 3.8) is 0 Å². The number of hydrogen-bond donors (Lipinski definition) is 0. The lowest BCUT2D eigenvalue weighted by molar-refractivity contribution is -0.173. The monoisotopic (exact) mass is 422 g/mol. The second-order valence-electron chi connectivity index (χ2n) is 7.50. The largest absolute Gasteiger partial charge is 0.468 e. The van der Waals surface area contributed by atoms with Gasteiger partial charge in [0.05, 0.1) is 19.8 Å². The summed E-state index contributed by atoms with van der Waals surface area (Å²) in [5, 5.41) is 0. The summed E-state index contributed by atoms with van der Waals surface area (Å²) in [7, 11) is 2.53. The van der Waals surface area contributed by atoms with Crippen LogP contribution in [0.25, 0.3) is 0 Å². The fourth-order valence-corrected chi connectivity index (χ4v) is 4.03. The summed E-state index contributed by atoms with van der Waals surface area (Å²) in [4.78, 5) is 38.2. The first-order chi connectivity index (χ1) is 15.0. The Hall–Kier alpha value is -3.41. The van der Waals surface area contributed by atoms with Crippen molar-refractivity contribution in [2.75, 3.05) is 14.2 Å². The molecule has 0 saturated heterocycles. The fourth-order valence-electron chi connectivity index (χ4n) is 4.03. The number of esters is 3. The Labute approximate surface area is 181 Å². The zero-order valence-corrected chi connectivity index (χ0v) is 17.7. The lowest BCUT2D eigenvalue weighted by Gasteiger charge is -2.36. The first-order valence-corrected chi connectivity index (χ1v) is 10.2. The minimum absolute atomic E-state index is 0.149. The Kier molecular flexibility index (Phi) is 7.23. The molecule has 2 aromatic rings. The number of hydrogen-bond acceptors (Lipinski definition) is 6. The van der Waals surface area contributed by atoms with Gasteiger partial charge in [-0.25, -0.2) is 4.79 Å². The lowest BCUT2D eigenvalue weighted by Crippen LogP contribution is -2.49. The highest BCUT2D eigenvalue weighted by atomic mass is 16.5. The van der Waals surface area contributed by atoms with Crippen molar-refractivity contribution in [3.8, 4) is 0 Å². The number of benzene rings is 2. The zero-order chi connectivity index (χ0) is 22.3. The van der Waals surface area contributed by atoms with Crippen LogP contribution in [0.4, 0.5) is 0 Å². The fraction of sp³-hybridized carbons (Fsp3) is 0.320. The summed E-state index contributed by atoms with van der Waals surface area (Å²) in [6.07, 6.45) is 4.15. The molecule has 162 valence electrons. The van der Waals surface area contributed by atoms with Gasteiger partial charge in [0.2, 0.25) is 0 Å². The van der Waals surface area contributed by atoms with Crippen molar-refractivity contribution in [1.29, 1.82) is 0 Å². The van der Waals surface area contributed by atoms with Crippen molar-refractivity contribution in [1.82, 2.24) is 0 Å². The summed E-state index contributed by atoms with van der Waals surface area (Å²) in [5.41, 5.74) is -0.222. The molecule has 0 fully saturated rings. The molecule has 2 atom stereocenters. The van der Waals surface area contributed by atoms with E-state index in [9.17, 15) is 14.4 Å². The number of allylic oxidation sites excluding steroid dienone is 1. The van der Waals surface area contributed by atoms with Crippen LogP contribution in [-0.4, -0.2) is 38.2 Å². The predicted octanol–water partition coefficient (Wildman–Crippen LogP) is 3.75. The van der Waals surface area contributed by atoms with E-state index in [2.05, 4.69) is 0 Å². The van der Waals surface area contributed by atoms with Gasteiger partial charge in [-0.05, 0) is 43.0 Å². The first-order valence-electron chi connectivity index (χ1n) is 10.2. The average Bonchev–Trinajstić information content (AvgIpc) is 2.83. The Bertz CT molecular complexity index is 919. The summed E-state index contributed by atoms with van der Waals surface area (Å²) >= 11 is 0. The second-order valence-corrected chi connectivity index (χ2v) is 7.50. The van der Waals surface area contributed by atoms with Crippen LogP contribution in [0.5, 0.6) is 0 Å². The van der Waals surface area contributed by atoms with Gasteiger partial charge >= 0.3 is 17.9 Å². The van der Waals surface area contributed by atoms with Gasteiger partial charge in [0.25, 0.3) is 0 Å². The molecule has 0 saturated carbocycles. The van der Waals surface area contributed by atoms with Crippen LogP contribution in [0.1, 0.15) is 28.8 Å². The maximum absolute atomic E-state index is 12.9. The quantitative estimate of drug-likeness (QED) is 0.293. The van der Waals surface area contributed by atoms with E-state index in [1.165, 1.54) is 14.2 Å². The van der Waals surface area contributed by atoms with Gasteiger partial charge in [-0.1, -0.05) is 54.6 Å². The van der Waals surface area contributed by atoms with Gasteiger partial charge in [0.15, 0.2) is 5.41 Å². The van der Waals surface area contributed by atoms with Gasteiger partial charge in [0.1, 0.15) is 6.10 Å². The molecule has 6 nitrogen and oxygen atoms in total. The molecule has 0 amide bonds. The molecule has 31 heavy (non-hydrogen) atoms. The van der Waals surface area contributed by atoms with Gasteiger partial charge in [-0.2, -0.15) is 0 Å². The van der Waals surface area contributed by atoms with E-state index in [0.717, 1.165) is 5.56 Å². The molecule has 0 aromatic heterocycles. The Balaban J connectivity index is 1.84. The van der Waals surface area contributed by atoms with Crippen LogP contribution in [0.3, 0.4) is 0 Å². The van der Waals surface area contributed by atoms with Crippen LogP contribution < -0.4 is 0 Å². The number of ether oxygens (including phenoxy) is 3. The van der Waals surface area contributed by atoms with Crippen LogP contribution in [0.2, 0.25) is 0 Å². The number of methoxy groups -OCH3 is 2. The van der Waals surface area contributed by atoms with Crippen LogP contribution >= 0.6 is 0 Å². The maximum Gasteiger partial charge on any atom is 0.338 e. The second kappa shape index (κ2) is 10.1. The van der Waals surface area contributed by atoms with E-state index in [4.69, 9.17) is 14.2 Å². The summed E-state index contributed by atoms with van der Waals surface area (Å²) < 4.78 is 15.7. The smallest absolute Gasteiger partial charge is 0.338 e. The molecule has 1 aliphatic carbocycles. The van der Waals surface area contributed by atoms with Gasteiger partial charge in [-0.15, -0.1) is 0 Å². The van der Waals surface area contributed by atoms with E-state index in [1.807, 2.05) is 36.4 Å². The third kappa shape index (κ3) is 4.85. The third-order valence-electron chi connectivity index (χ3n) is 5.65. The molecule has 6 heteroatoms. The molecular formula is C25H26O6. The van der Waals surface area contributed by atoms with E-state index < -0.39 is 35.3 Å². The molecule has 0 heterocycles. The third-order valence-corrected chi connectivity index (χ3v) is 5.65. The molecule has 0 N–H and O–H groups in total. The molecule has 2 aromatic carbocycles. The maximum atomic E-state index is 12.9. The zero-order valence-electron chi connectivity index (χ0n) is 17.7. The average molecular weight is 422 g/mol. The molecule has 0 bridgehead atoms. The molecule has 1 aliphatic rings. The van der Waals surface area contributed by atoms with Crippen LogP contribution in [-0.2, 0) is 30.2 Å². The summed E-state index contributed by atoms with van der Waals surface area (Å²) in [6, 6.07) is 18.0. The molecule has 3 rings (SSSR count). The number of carbonyl (C=O) groups is 3. The Morgan fingerprint density at radius 3 is 1.94 bits per heavy atom. The highest BCUT2D eigenvalue weighted by Crippen LogP contribution is 2.41. The number of carbonyl (C=O) groups excluding carboxylic acids is 3. The molecule has 0 spiro atoms. The molecule has 0 unspecified atom stereocenters. The highest BCUT2D eigenvalue weighted by Gasteiger charge is 2.54. The summed E-state index contributed by atoms with van der Waals surface area (Å²) in [6.45, 7) is 0. The van der Waals surface area contributed by atoms with Gasteiger partial charge in [0, 0.05) is 5.92 Å². The Morgan fingerprint density at radius 2 is 1.42 bits per heavy atom. The SMILES string of the molecule is COC(=O)C(Cc1ccccc1)(C(=O)OC)[C@@H]1C=C[C@H](OC(=O)c2ccccc2)CC1. The standard InChI is InChI=1S/C25H26O6/c1-29-23(27)25(24(28)30-2,17-18-9-5-3-6-10-18)20-13-15-21(16-14-20)31-22(26)19-11-7-4-8-12-19/h3-13,15,20-21H,14,16-17H2,1-2H3/t20-,21+/m1/s1. The van der Waals surface area contributed by atoms with E-state index in [-0.39, 0.29) is 6.42 Å². The van der Waals surface area contributed by atoms with Crippen molar-refractivity contribution in [2.45, 2.75) is 25.4 Å². The Morgan fingerprint density at radius 1 is 0.839 bits per heavy atom. The van der Waals surface area contributed by atoms with Crippen molar-refractivity contribution in [2.24, 2.45) is 11.3 Å². The van der Waals surface area contributed by atoms with E-state index in [1.54, 1.807) is 36.4 Å². The normalized spacial score (nSPS) is 18.1. The van der Waals surface area contributed by atoms with Crippen LogP contribution in [0.15, 0.2) is 72.8 Å². The van der Waals surface area contributed by atoms with Crippen molar-refractivity contribution in [3.05, 3.63) is 83.9 Å².